The molecule has 0 spiro atoms. The van der Waals surface area contributed by atoms with Crippen molar-refractivity contribution < 1.29 is 14.7 Å². The predicted molar refractivity (Wildman–Crippen MR) is 70.9 cm³/mol. The van der Waals surface area contributed by atoms with Gasteiger partial charge in [-0.05, 0) is 34.1 Å². The first-order chi connectivity index (χ1) is 8.58. The predicted octanol–water partition coefficient (Wildman–Crippen LogP) is 1.47. The Kier molecular flexibility index (Phi) is 3.86. The molecule has 6 heteroatoms. The standard InChI is InChI=1S/C12H13BrN2O3/c13-9-7-8(12(17)18)1-2-10(9)15-5-3-11(16)14-4-6-15/h1-2,7H,3-6H2,(H,14,16)(H,17,18). The van der Waals surface area contributed by atoms with Crippen LogP contribution in [0.2, 0.25) is 0 Å². The zero-order valence-electron chi connectivity index (χ0n) is 9.65. The summed E-state index contributed by atoms with van der Waals surface area (Å²) in [5, 5.41) is 11.7. The van der Waals surface area contributed by atoms with Gasteiger partial charge in [0.1, 0.15) is 0 Å². The molecule has 0 aromatic heterocycles. The lowest BCUT2D eigenvalue weighted by Crippen LogP contribution is -2.28. The summed E-state index contributed by atoms with van der Waals surface area (Å²) in [4.78, 5) is 24.2. The van der Waals surface area contributed by atoms with E-state index in [-0.39, 0.29) is 11.5 Å². The molecule has 5 nitrogen and oxygen atoms in total. The van der Waals surface area contributed by atoms with Crippen molar-refractivity contribution in [2.75, 3.05) is 24.5 Å². The number of aromatic carboxylic acids is 1. The van der Waals surface area contributed by atoms with Crippen LogP contribution >= 0.6 is 15.9 Å². The number of nitrogens with zero attached hydrogens (tertiary/aromatic N) is 1. The Labute approximate surface area is 113 Å². The van der Waals surface area contributed by atoms with E-state index in [9.17, 15) is 9.59 Å². The first-order valence-corrected chi connectivity index (χ1v) is 6.42. The molecule has 18 heavy (non-hydrogen) atoms. The van der Waals surface area contributed by atoms with Gasteiger partial charge in [0.2, 0.25) is 5.91 Å². The third-order valence-corrected chi connectivity index (χ3v) is 3.48. The molecule has 1 aromatic carbocycles. The number of hydrogen-bond acceptors (Lipinski definition) is 3. The Bertz CT molecular complexity index is 490. The molecule has 2 rings (SSSR count). The number of benzene rings is 1. The van der Waals surface area contributed by atoms with E-state index < -0.39 is 5.97 Å². The molecule has 0 aliphatic carbocycles. The smallest absolute Gasteiger partial charge is 0.335 e. The van der Waals surface area contributed by atoms with Crippen molar-refractivity contribution in [3.8, 4) is 0 Å². The fraction of sp³-hybridized carbons (Fsp3) is 0.333. The second-order valence-corrected chi connectivity index (χ2v) is 4.91. The van der Waals surface area contributed by atoms with Crippen LogP contribution in [0, 0.1) is 0 Å². The van der Waals surface area contributed by atoms with E-state index in [0.29, 0.717) is 19.5 Å². The van der Waals surface area contributed by atoms with Gasteiger partial charge in [0.25, 0.3) is 0 Å². The largest absolute Gasteiger partial charge is 0.478 e. The number of amides is 1. The minimum atomic E-state index is -0.949. The van der Waals surface area contributed by atoms with Crippen LogP contribution in [-0.4, -0.2) is 36.6 Å². The molecule has 1 aliphatic heterocycles. The Morgan fingerprint density at radius 3 is 2.83 bits per heavy atom. The van der Waals surface area contributed by atoms with Crippen molar-refractivity contribution in [2.45, 2.75) is 6.42 Å². The summed E-state index contributed by atoms with van der Waals surface area (Å²) in [5.41, 5.74) is 1.16. The van der Waals surface area contributed by atoms with E-state index in [4.69, 9.17) is 5.11 Å². The molecule has 1 saturated heterocycles. The zero-order chi connectivity index (χ0) is 13.1. The lowest BCUT2D eigenvalue weighted by molar-refractivity contribution is -0.120. The number of hydrogen-bond donors (Lipinski definition) is 2. The number of halogens is 1. The maximum Gasteiger partial charge on any atom is 0.335 e. The number of carboxylic acid groups (broad SMARTS) is 1. The Hall–Kier alpha value is -1.56. The highest BCUT2D eigenvalue weighted by atomic mass is 79.9. The molecule has 0 atom stereocenters. The summed E-state index contributed by atoms with van der Waals surface area (Å²) in [6.07, 6.45) is 0.452. The van der Waals surface area contributed by atoms with E-state index >= 15 is 0 Å². The van der Waals surface area contributed by atoms with Gasteiger partial charge in [0.05, 0.1) is 11.3 Å². The molecule has 2 N–H and O–H groups in total. The number of carboxylic acids is 1. The van der Waals surface area contributed by atoms with Gasteiger partial charge in [-0.25, -0.2) is 4.79 Å². The first kappa shape index (κ1) is 12.9. The van der Waals surface area contributed by atoms with E-state index in [1.807, 2.05) is 0 Å². The molecule has 1 fully saturated rings. The SMILES string of the molecule is O=C1CCN(c2ccc(C(=O)O)cc2Br)CCN1. The number of anilines is 1. The van der Waals surface area contributed by atoms with Gasteiger partial charge in [-0.15, -0.1) is 0 Å². The van der Waals surface area contributed by atoms with Crippen LogP contribution in [-0.2, 0) is 4.79 Å². The molecular formula is C12H13BrN2O3. The average molecular weight is 313 g/mol. The number of carbonyl (C=O) groups excluding carboxylic acids is 1. The highest BCUT2D eigenvalue weighted by Gasteiger charge is 2.16. The van der Waals surface area contributed by atoms with Crippen molar-refractivity contribution in [2.24, 2.45) is 0 Å². The lowest BCUT2D eigenvalue weighted by Gasteiger charge is -2.23. The van der Waals surface area contributed by atoms with Crippen molar-refractivity contribution in [1.82, 2.24) is 5.32 Å². The summed E-state index contributed by atoms with van der Waals surface area (Å²) in [5.74, 6) is -0.897. The van der Waals surface area contributed by atoms with E-state index in [1.165, 1.54) is 0 Å². The minimum absolute atomic E-state index is 0.0516. The third-order valence-electron chi connectivity index (χ3n) is 2.85. The first-order valence-electron chi connectivity index (χ1n) is 5.62. The van der Waals surface area contributed by atoms with Crippen molar-refractivity contribution in [3.63, 3.8) is 0 Å². The second kappa shape index (κ2) is 5.39. The maximum atomic E-state index is 11.3. The monoisotopic (exact) mass is 312 g/mol. The molecule has 1 aliphatic rings. The highest BCUT2D eigenvalue weighted by molar-refractivity contribution is 9.10. The summed E-state index contributed by atoms with van der Waals surface area (Å²) in [6.45, 7) is 1.96. The van der Waals surface area contributed by atoms with Gasteiger partial charge in [-0.3, -0.25) is 4.79 Å². The van der Waals surface area contributed by atoms with Gasteiger partial charge < -0.3 is 15.3 Å². The molecule has 0 bridgehead atoms. The Morgan fingerprint density at radius 1 is 1.39 bits per heavy atom. The molecule has 1 amide bonds. The van der Waals surface area contributed by atoms with E-state index in [0.717, 1.165) is 16.7 Å². The van der Waals surface area contributed by atoms with Gasteiger partial charge in [0.15, 0.2) is 0 Å². The molecule has 0 saturated carbocycles. The topological polar surface area (TPSA) is 69.6 Å². The molecule has 0 unspecified atom stereocenters. The van der Waals surface area contributed by atoms with Crippen LogP contribution in [0.3, 0.4) is 0 Å². The third kappa shape index (κ3) is 2.81. The van der Waals surface area contributed by atoms with Gasteiger partial charge in [-0.2, -0.15) is 0 Å². The molecule has 96 valence electrons. The fourth-order valence-electron chi connectivity index (χ4n) is 1.90. The zero-order valence-corrected chi connectivity index (χ0v) is 11.2. The van der Waals surface area contributed by atoms with Gasteiger partial charge >= 0.3 is 5.97 Å². The number of rotatable bonds is 2. The van der Waals surface area contributed by atoms with Crippen LogP contribution in [0.1, 0.15) is 16.8 Å². The van der Waals surface area contributed by atoms with Gasteiger partial charge in [-0.1, -0.05) is 0 Å². The van der Waals surface area contributed by atoms with Crippen LogP contribution in [0.4, 0.5) is 5.69 Å². The Balaban J connectivity index is 2.22. The molecular weight excluding hydrogens is 300 g/mol. The minimum Gasteiger partial charge on any atom is -0.478 e. The summed E-state index contributed by atoms with van der Waals surface area (Å²) >= 11 is 3.38. The Morgan fingerprint density at radius 2 is 2.17 bits per heavy atom. The quantitative estimate of drug-likeness (QED) is 0.867. The van der Waals surface area contributed by atoms with Crippen molar-refractivity contribution in [1.29, 1.82) is 0 Å². The van der Waals surface area contributed by atoms with Crippen molar-refractivity contribution >= 4 is 33.5 Å². The maximum absolute atomic E-state index is 11.3. The van der Waals surface area contributed by atoms with Crippen LogP contribution in [0.5, 0.6) is 0 Å². The number of nitrogens with one attached hydrogen (secondary N) is 1. The molecule has 0 radical (unpaired) electrons. The molecule has 1 aromatic rings. The normalized spacial score (nSPS) is 16.1. The molecule has 1 heterocycles. The van der Waals surface area contributed by atoms with Crippen molar-refractivity contribution in [3.05, 3.63) is 28.2 Å². The van der Waals surface area contributed by atoms with E-state index in [2.05, 4.69) is 26.1 Å². The number of carbonyl (C=O) groups is 2. The summed E-state index contributed by atoms with van der Waals surface area (Å²) < 4.78 is 0.733. The van der Waals surface area contributed by atoms with Crippen LogP contribution in [0.25, 0.3) is 0 Å². The summed E-state index contributed by atoms with van der Waals surface area (Å²) in [7, 11) is 0. The fourth-order valence-corrected chi connectivity index (χ4v) is 2.53. The van der Waals surface area contributed by atoms with Crippen LogP contribution < -0.4 is 10.2 Å². The summed E-state index contributed by atoms with van der Waals surface area (Å²) in [6, 6.07) is 4.92. The highest BCUT2D eigenvalue weighted by Crippen LogP contribution is 2.27. The lowest BCUT2D eigenvalue weighted by atomic mass is 10.2. The van der Waals surface area contributed by atoms with Crippen LogP contribution in [0.15, 0.2) is 22.7 Å². The average Bonchev–Trinajstić information content (AvgIpc) is 2.54. The van der Waals surface area contributed by atoms with Gasteiger partial charge in [0, 0.05) is 30.5 Å². The second-order valence-electron chi connectivity index (χ2n) is 4.06. The van der Waals surface area contributed by atoms with E-state index in [1.54, 1.807) is 18.2 Å².